The van der Waals surface area contributed by atoms with E-state index in [1.165, 1.54) is 47.0 Å². The third-order valence-corrected chi connectivity index (χ3v) is 12.6. The van der Waals surface area contributed by atoms with E-state index < -0.39 is 54.1 Å². The van der Waals surface area contributed by atoms with Gasteiger partial charge in [0.1, 0.15) is 15.8 Å². The summed E-state index contributed by atoms with van der Waals surface area (Å²) in [6, 6.07) is 0. The Hall–Kier alpha value is -0.370. The highest BCUT2D eigenvalue weighted by Gasteiger charge is 2.42. The summed E-state index contributed by atoms with van der Waals surface area (Å²) in [5.41, 5.74) is 1.00. The largest absolute Gasteiger partial charge is 0.299 e. The Morgan fingerprint density at radius 2 is 1.17 bits per heavy atom. The molecule has 2 heterocycles. The van der Waals surface area contributed by atoms with Crippen LogP contribution in [0.2, 0.25) is 0 Å². The minimum absolute atomic E-state index is 0.0372. The summed E-state index contributed by atoms with van der Waals surface area (Å²) in [6.07, 6.45) is 7.92. The van der Waals surface area contributed by atoms with Crippen molar-refractivity contribution in [2.75, 3.05) is 33.4 Å². The SMILES string of the molecule is O=C1C(C(SCCS(=O)(=O)O)c2cnc(SCCl)cn2)CCCC1C(SCCS(=O)(=O)O)c1cnc(SCCl)cn1. The van der Waals surface area contributed by atoms with Gasteiger partial charge in [0.05, 0.1) is 68.6 Å². The van der Waals surface area contributed by atoms with Gasteiger partial charge < -0.3 is 0 Å². The number of ketones is 1. The molecule has 19 heteroatoms. The molecule has 1 fully saturated rings. The molecule has 1 saturated carbocycles. The summed E-state index contributed by atoms with van der Waals surface area (Å²) in [5.74, 6) is -2.09. The predicted octanol–water partition coefficient (Wildman–Crippen LogP) is 4.85. The lowest BCUT2D eigenvalue weighted by molar-refractivity contribution is -0.129. The average Bonchev–Trinajstić information content (AvgIpc) is 2.90. The van der Waals surface area contributed by atoms with Gasteiger partial charge in [-0.15, -0.1) is 23.2 Å². The van der Waals surface area contributed by atoms with Crippen LogP contribution in [-0.4, -0.2) is 85.1 Å². The fraction of sp³-hybridized carbons (Fsp3) is 0.591. The monoisotopic (exact) mass is 722 g/mol. The third kappa shape index (κ3) is 11.6. The average molecular weight is 724 g/mol. The summed E-state index contributed by atoms with van der Waals surface area (Å²) in [4.78, 5) is 31.8. The zero-order chi connectivity index (χ0) is 30.0. The van der Waals surface area contributed by atoms with Crippen LogP contribution in [0.5, 0.6) is 0 Å². The molecule has 1 aliphatic rings. The van der Waals surface area contributed by atoms with Gasteiger partial charge in [0, 0.05) is 23.3 Å². The van der Waals surface area contributed by atoms with Gasteiger partial charge >= 0.3 is 0 Å². The van der Waals surface area contributed by atoms with Crippen LogP contribution < -0.4 is 0 Å². The Balaban J connectivity index is 1.91. The molecule has 2 aromatic heterocycles. The van der Waals surface area contributed by atoms with Crippen LogP contribution in [-0.2, 0) is 25.0 Å². The lowest BCUT2D eigenvalue weighted by Crippen LogP contribution is -2.35. The van der Waals surface area contributed by atoms with Crippen molar-refractivity contribution in [3.8, 4) is 0 Å². The molecule has 2 N–H and O–H groups in total. The summed E-state index contributed by atoms with van der Waals surface area (Å²) in [6.45, 7) is 0. The Kier molecular flexibility index (Phi) is 14.2. The molecule has 0 bridgehead atoms. The van der Waals surface area contributed by atoms with Crippen molar-refractivity contribution in [1.82, 2.24) is 19.9 Å². The normalized spacial score (nSPS) is 19.7. The molecule has 0 saturated heterocycles. The summed E-state index contributed by atoms with van der Waals surface area (Å²) in [5, 5.41) is 0.701. The first-order valence-electron chi connectivity index (χ1n) is 12.1. The molecule has 11 nitrogen and oxygen atoms in total. The first-order chi connectivity index (χ1) is 19.4. The topological polar surface area (TPSA) is 177 Å². The van der Waals surface area contributed by atoms with E-state index in [0.717, 1.165) is 0 Å². The van der Waals surface area contributed by atoms with Gasteiger partial charge in [0.2, 0.25) is 0 Å². The summed E-state index contributed by atoms with van der Waals surface area (Å²) < 4.78 is 64.1. The van der Waals surface area contributed by atoms with E-state index in [0.29, 0.717) is 40.7 Å². The lowest BCUT2D eigenvalue weighted by Gasteiger charge is -2.36. The number of rotatable bonds is 16. The molecular weight excluding hydrogens is 696 g/mol. The van der Waals surface area contributed by atoms with E-state index in [9.17, 15) is 30.7 Å². The second-order valence-corrected chi connectivity index (χ2v) is 17.6. The van der Waals surface area contributed by atoms with Crippen LogP contribution in [0.1, 0.15) is 41.2 Å². The second kappa shape index (κ2) is 16.6. The van der Waals surface area contributed by atoms with Crippen LogP contribution in [0.25, 0.3) is 0 Å². The molecule has 0 radical (unpaired) electrons. The maximum Gasteiger partial charge on any atom is 0.265 e. The minimum atomic E-state index is -4.21. The third-order valence-electron chi connectivity index (χ3n) is 6.05. The number of alkyl halides is 2. The number of halogens is 2. The van der Waals surface area contributed by atoms with Gasteiger partial charge in [-0.1, -0.05) is 29.9 Å². The number of nitrogens with zero attached hydrogens (tertiary/aromatic N) is 4. The van der Waals surface area contributed by atoms with Crippen LogP contribution in [0, 0.1) is 11.8 Å². The van der Waals surface area contributed by atoms with Crippen LogP contribution in [0.4, 0.5) is 0 Å². The lowest BCUT2D eigenvalue weighted by atomic mass is 9.76. The van der Waals surface area contributed by atoms with E-state index in [2.05, 4.69) is 19.9 Å². The standard InChI is InChI=1S/C22H28Cl2N4O7S6/c23-12-38-18-10-25-16(8-27-18)21(36-4-6-40(30,31)32)14-2-1-3-15(20(14)29)22(37-5-7-41(33,34)35)17-9-28-19(11-26-17)39-13-24/h8-11,14-15,21-22H,1-7,12-13H2,(H,30,31,32)(H,33,34,35). The molecule has 1 aliphatic carbocycles. The number of aromatic nitrogens is 4. The van der Waals surface area contributed by atoms with Crippen molar-refractivity contribution in [3.63, 3.8) is 0 Å². The summed E-state index contributed by atoms with van der Waals surface area (Å²) in [7, 11) is -8.42. The first-order valence-corrected chi connectivity index (χ1v) is 20.5. The molecule has 0 aliphatic heterocycles. The molecule has 4 unspecified atom stereocenters. The van der Waals surface area contributed by atoms with Gasteiger partial charge in [-0.25, -0.2) is 9.97 Å². The van der Waals surface area contributed by atoms with Crippen LogP contribution >= 0.6 is 70.2 Å². The van der Waals surface area contributed by atoms with E-state index in [1.807, 2.05) is 0 Å². The van der Waals surface area contributed by atoms with E-state index >= 15 is 0 Å². The molecular formula is C22H28Cl2N4O7S6. The molecule has 228 valence electrons. The van der Waals surface area contributed by atoms with Gasteiger partial charge in [0.15, 0.2) is 0 Å². The predicted molar refractivity (Wildman–Crippen MR) is 166 cm³/mol. The van der Waals surface area contributed by atoms with E-state index in [-0.39, 0.29) is 27.7 Å². The number of Topliss-reactive ketones (excluding diaryl/α,β-unsaturated/α-hetero) is 1. The number of hydrogen-bond acceptors (Lipinski definition) is 13. The molecule has 41 heavy (non-hydrogen) atoms. The zero-order valence-electron chi connectivity index (χ0n) is 21.4. The van der Waals surface area contributed by atoms with Crippen molar-refractivity contribution in [1.29, 1.82) is 0 Å². The van der Waals surface area contributed by atoms with Crippen molar-refractivity contribution in [2.45, 2.75) is 39.8 Å². The van der Waals surface area contributed by atoms with Crippen molar-refractivity contribution < 1.29 is 30.7 Å². The van der Waals surface area contributed by atoms with Crippen molar-refractivity contribution >= 4 is 96.3 Å². The zero-order valence-corrected chi connectivity index (χ0v) is 27.8. The molecule has 0 aromatic carbocycles. The number of thioether (sulfide) groups is 4. The molecule has 4 atom stereocenters. The second-order valence-electron chi connectivity index (χ2n) is 8.77. The van der Waals surface area contributed by atoms with Gasteiger partial charge in [-0.2, -0.15) is 40.4 Å². The van der Waals surface area contributed by atoms with Crippen molar-refractivity contribution in [2.24, 2.45) is 11.8 Å². The molecule has 3 rings (SSSR count). The quantitative estimate of drug-likeness (QED) is 0.136. The minimum Gasteiger partial charge on any atom is -0.299 e. The van der Waals surface area contributed by atoms with Gasteiger partial charge in [-0.05, 0) is 12.8 Å². The van der Waals surface area contributed by atoms with Crippen LogP contribution in [0.3, 0.4) is 0 Å². The highest BCUT2D eigenvalue weighted by Crippen LogP contribution is 2.48. The maximum absolute atomic E-state index is 14.1. The van der Waals surface area contributed by atoms with Gasteiger partial charge in [-0.3, -0.25) is 23.9 Å². The fourth-order valence-electron chi connectivity index (χ4n) is 4.30. The molecule has 2 aromatic rings. The number of carbonyl (C=O) groups excluding carboxylic acids is 1. The van der Waals surface area contributed by atoms with Crippen LogP contribution in [0.15, 0.2) is 34.8 Å². The van der Waals surface area contributed by atoms with E-state index in [1.54, 1.807) is 24.8 Å². The highest BCUT2D eigenvalue weighted by molar-refractivity contribution is 8.01. The van der Waals surface area contributed by atoms with Crippen molar-refractivity contribution in [3.05, 3.63) is 36.2 Å². The van der Waals surface area contributed by atoms with E-state index in [4.69, 9.17) is 23.2 Å². The summed E-state index contributed by atoms with van der Waals surface area (Å²) >= 11 is 16.5. The Morgan fingerprint density at radius 1 is 0.756 bits per heavy atom. The highest BCUT2D eigenvalue weighted by atomic mass is 35.5. The first kappa shape index (κ1) is 35.1. The van der Waals surface area contributed by atoms with Gasteiger partial charge in [0.25, 0.3) is 20.2 Å². The smallest absolute Gasteiger partial charge is 0.265 e. The molecule has 0 spiro atoms. The molecule has 0 amide bonds. The number of carbonyl (C=O) groups is 1. The Bertz CT molecular complexity index is 1250. The number of hydrogen-bond donors (Lipinski definition) is 2. The Labute approximate surface area is 266 Å². The Morgan fingerprint density at radius 3 is 1.49 bits per heavy atom. The maximum atomic E-state index is 14.1. The fourth-order valence-corrected chi connectivity index (χ4v) is 10.3.